The number of hydrogen-bond acceptors (Lipinski definition) is 8. The van der Waals surface area contributed by atoms with Crippen LogP contribution in [0.1, 0.15) is 20.7 Å². The summed E-state index contributed by atoms with van der Waals surface area (Å²) in [7, 11) is 1.43. The molecule has 130 valence electrons. The number of nitrogens with zero attached hydrogens (tertiary/aromatic N) is 5. The summed E-state index contributed by atoms with van der Waals surface area (Å²) in [6, 6.07) is 5.93. The zero-order chi connectivity index (χ0) is 18.4. The summed E-state index contributed by atoms with van der Waals surface area (Å²) < 4.78 is 7.79. The van der Waals surface area contributed by atoms with Gasteiger partial charge in [-0.1, -0.05) is 0 Å². The Morgan fingerprint density at radius 2 is 1.96 bits per heavy atom. The van der Waals surface area contributed by atoms with Gasteiger partial charge in [0.2, 0.25) is 0 Å². The van der Waals surface area contributed by atoms with Gasteiger partial charge in [0, 0.05) is 6.07 Å². The highest BCUT2D eigenvalue weighted by Crippen LogP contribution is 2.29. The first-order valence-electron chi connectivity index (χ1n) is 7.34. The van der Waals surface area contributed by atoms with Crippen LogP contribution in [-0.2, 0) is 0 Å². The van der Waals surface area contributed by atoms with Crippen molar-refractivity contribution in [2.24, 2.45) is 0 Å². The van der Waals surface area contributed by atoms with Crippen LogP contribution in [0.25, 0.3) is 11.4 Å². The Bertz CT molecular complexity index is 1120. The molecule has 3 heterocycles. The molecule has 2 amide bonds. The van der Waals surface area contributed by atoms with E-state index >= 15 is 0 Å². The van der Waals surface area contributed by atoms with Crippen LogP contribution in [-0.4, -0.2) is 43.7 Å². The fraction of sp³-hybridized carbons (Fsp3) is 0.0667. The molecule has 0 saturated heterocycles. The van der Waals surface area contributed by atoms with Crippen molar-refractivity contribution in [2.75, 3.05) is 12.8 Å². The lowest BCUT2D eigenvalue weighted by atomic mass is 10.1. The predicted octanol–water partition coefficient (Wildman–Crippen LogP) is -0.712. The zero-order valence-electron chi connectivity index (χ0n) is 13.3. The molecular formula is C15H11N7O4. The average molecular weight is 353 g/mol. The van der Waals surface area contributed by atoms with Gasteiger partial charge in [0.15, 0.2) is 0 Å². The van der Waals surface area contributed by atoms with Gasteiger partial charge in [-0.15, -0.1) is 5.10 Å². The SMILES string of the molecule is COc1ccc(-n2cnnn2)cc1-n1c(N)c2c(cc1=O)C(=O)NC2=O. The Hall–Kier alpha value is -4.02. The number of ether oxygens (including phenoxy) is 1. The maximum absolute atomic E-state index is 12.6. The minimum absolute atomic E-state index is 0.0514. The van der Waals surface area contributed by atoms with E-state index in [1.807, 2.05) is 0 Å². The topological polar surface area (TPSA) is 147 Å². The molecule has 0 fully saturated rings. The van der Waals surface area contributed by atoms with E-state index in [-0.39, 0.29) is 22.6 Å². The Balaban J connectivity index is 2.01. The molecule has 0 radical (unpaired) electrons. The highest BCUT2D eigenvalue weighted by atomic mass is 16.5. The Labute approximate surface area is 145 Å². The monoisotopic (exact) mass is 353 g/mol. The van der Waals surface area contributed by atoms with Crippen molar-refractivity contribution in [3.63, 3.8) is 0 Å². The number of benzene rings is 1. The molecule has 11 heteroatoms. The summed E-state index contributed by atoms with van der Waals surface area (Å²) in [6.07, 6.45) is 1.38. The molecule has 0 atom stereocenters. The molecule has 2 aromatic heterocycles. The second-order valence-electron chi connectivity index (χ2n) is 5.39. The molecule has 4 rings (SSSR count). The molecule has 1 aliphatic rings. The molecule has 0 bridgehead atoms. The van der Waals surface area contributed by atoms with E-state index in [9.17, 15) is 14.4 Å². The van der Waals surface area contributed by atoms with E-state index in [2.05, 4.69) is 20.8 Å². The molecule has 0 saturated carbocycles. The van der Waals surface area contributed by atoms with Crippen LogP contribution < -0.4 is 21.3 Å². The number of imide groups is 1. The molecule has 0 unspecified atom stereocenters. The molecule has 11 nitrogen and oxygen atoms in total. The van der Waals surface area contributed by atoms with Gasteiger partial charge >= 0.3 is 0 Å². The number of carbonyl (C=O) groups is 2. The average Bonchev–Trinajstić information content (AvgIpc) is 3.24. The number of nitrogens with two attached hydrogens (primary N) is 1. The van der Waals surface area contributed by atoms with Crippen LogP contribution in [0.5, 0.6) is 5.75 Å². The fourth-order valence-electron chi connectivity index (χ4n) is 2.80. The van der Waals surface area contributed by atoms with Gasteiger partial charge in [-0.3, -0.25) is 24.3 Å². The summed E-state index contributed by atoms with van der Waals surface area (Å²) in [5.41, 5.74) is 6.19. The van der Waals surface area contributed by atoms with Crippen LogP contribution in [0, 0.1) is 0 Å². The summed E-state index contributed by atoms with van der Waals surface area (Å²) >= 11 is 0. The van der Waals surface area contributed by atoms with Crippen LogP contribution in [0.3, 0.4) is 0 Å². The van der Waals surface area contributed by atoms with Crippen molar-refractivity contribution < 1.29 is 14.3 Å². The Kier molecular flexibility index (Phi) is 3.29. The number of nitrogen functional groups attached to an aromatic ring is 1. The van der Waals surface area contributed by atoms with E-state index < -0.39 is 17.4 Å². The van der Waals surface area contributed by atoms with E-state index in [0.29, 0.717) is 11.4 Å². The van der Waals surface area contributed by atoms with Crippen LogP contribution in [0.4, 0.5) is 5.82 Å². The Morgan fingerprint density at radius 1 is 1.15 bits per heavy atom. The third-order valence-corrected chi connectivity index (χ3v) is 3.97. The number of hydrogen-bond donors (Lipinski definition) is 2. The largest absolute Gasteiger partial charge is 0.495 e. The van der Waals surface area contributed by atoms with Gasteiger partial charge in [0.1, 0.15) is 17.9 Å². The molecule has 0 aliphatic carbocycles. The van der Waals surface area contributed by atoms with Crippen molar-refractivity contribution in [3.8, 4) is 17.1 Å². The maximum atomic E-state index is 12.6. The number of pyridine rings is 1. The highest BCUT2D eigenvalue weighted by Gasteiger charge is 2.32. The molecule has 26 heavy (non-hydrogen) atoms. The van der Waals surface area contributed by atoms with Crippen molar-refractivity contribution in [3.05, 3.63) is 52.1 Å². The number of rotatable bonds is 3. The van der Waals surface area contributed by atoms with Crippen LogP contribution >= 0.6 is 0 Å². The number of carbonyl (C=O) groups excluding carboxylic acids is 2. The van der Waals surface area contributed by atoms with Crippen LogP contribution in [0.2, 0.25) is 0 Å². The van der Waals surface area contributed by atoms with E-state index in [0.717, 1.165) is 10.6 Å². The smallest absolute Gasteiger partial charge is 0.262 e. The normalized spacial score (nSPS) is 12.8. The van der Waals surface area contributed by atoms with Crippen molar-refractivity contribution in [1.29, 1.82) is 0 Å². The van der Waals surface area contributed by atoms with Crippen molar-refractivity contribution >= 4 is 17.6 Å². The highest BCUT2D eigenvalue weighted by molar-refractivity contribution is 6.23. The van der Waals surface area contributed by atoms with Crippen molar-refractivity contribution in [2.45, 2.75) is 0 Å². The van der Waals surface area contributed by atoms with Gasteiger partial charge in [-0.05, 0) is 28.6 Å². The van der Waals surface area contributed by atoms with E-state index in [4.69, 9.17) is 10.5 Å². The molecule has 1 aromatic carbocycles. The lowest BCUT2D eigenvalue weighted by Crippen LogP contribution is -2.24. The lowest BCUT2D eigenvalue weighted by Gasteiger charge is -2.16. The van der Waals surface area contributed by atoms with Gasteiger partial charge in [0.25, 0.3) is 17.4 Å². The predicted molar refractivity (Wildman–Crippen MR) is 87.5 cm³/mol. The zero-order valence-corrected chi connectivity index (χ0v) is 13.3. The van der Waals surface area contributed by atoms with Gasteiger partial charge in [-0.2, -0.15) is 0 Å². The summed E-state index contributed by atoms with van der Waals surface area (Å²) in [5, 5.41) is 13.0. The number of amides is 2. The number of fused-ring (bicyclic) bond motifs is 1. The number of anilines is 1. The van der Waals surface area contributed by atoms with Crippen molar-refractivity contribution in [1.82, 2.24) is 30.1 Å². The molecular weight excluding hydrogens is 342 g/mol. The molecule has 0 spiro atoms. The number of nitrogens with one attached hydrogen (secondary N) is 1. The number of tetrazole rings is 1. The molecule has 3 N–H and O–H groups in total. The Morgan fingerprint density at radius 3 is 2.65 bits per heavy atom. The lowest BCUT2D eigenvalue weighted by molar-refractivity contribution is 0.0880. The van der Waals surface area contributed by atoms with Crippen LogP contribution in [0.15, 0.2) is 35.4 Å². The van der Waals surface area contributed by atoms with Gasteiger partial charge in [-0.25, -0.2) is 4.68 Å². The fourth-order valence-corrected chi connectivity index (χ4v) is 2.80. The van der Waals surface area contributed by atoms with Gasteiger partial charge < -0.3 is 10.5 Å². The summed E-state index contributed by atoms with van der Waals surface area (Å²) in [5.74, 6) is -1.15. The third-order valence-electron chi connectivity index (χ3n) is 3.97. The van der Waals surface area contributed by atoms with E-state index in [1.165, 1.54) is 18.1 Å². The quantitative estimate of drug-likeness (QED) is 0.587. The van der Waals surface area contributed by atoms with Gasteiger partial charge in [0.05, 0.1) is 29.6 Å². The first kappa shape index (κ1) is 15.5. The first-order valence-corrected chi connectivity index (χ1v) is 7.34. The maximum Gasteiger partial charge on any atom is 0.262 e. The first-order chi connectivity index (χ1) is 12.5. The summed E-state index contributed by atoms with van der Waals surface area (Å²) in [6.45, 7) is 0. The molecule has 1 aliphatic heterocycles. The van der Waals surface area contributed by atoms with E-state index in [1.54, 1.807) is 18.2 Å². The number of aromatic nitrogens is 5. The minimum atomic E-state index is -0.660. The molecule has 3 aromatic rings. The second kappa shape index (κ2) is 5.51. The second-order valence-corrected chi connectivity index (χ2v) is 5.39. The summed E-state index contributed by atoms with van der Waals surface area (Å²) in [4.78, 5) is 36.4. The standard InChI is InChI=1S/C15H11N7O4/c1-26-10-3-2-7(21-6-17-19-20-21)4-9(10)22-11(23)5-8-12(13(22)16)15(25)18-14(8)24/h2-6H,16H2,1H3,(H,18,24,25). The number of methoxy groups -OCH3 is 1. The minimum Gasteiger partial charge on any atom is -0.495 e. The third kappa shape index (κ3) is 2.14.